The summed E-state index contributed by atoms with van der Waals surface area (Å²) < 4.78 is 15.9. The van der Waals surface area contributed by atoms with Gasteiger partial charge in [-0.15, -0.1) is 0 Å². The van der Waals surface area contributed by atoms with Crippen molar-refractivity contribution in [3.05, 3.63) is 101 Å². The first-order valence-corrected chi connectivity index (χ1v) is 10.8. The third-order valence-corrected chi connectivity index (χ3v) is 6.92. The van der Waals surface area contributed by atoms with Gasteiger partial charge in [0.2, 0.25) is 0 Å². The summed E-state index contributed by atoms with van der Waals surface area (Å²) in [7, 11) is 0. The molecule has 2 aliphatic rings. The summed E-state index contributed by atoms with van der Waals surface area (Å²) in [6.45, 7) is 1.93. The molecule has 1 heteroatoms. The van der Waals surface area contributed by atoms with Gasteiger partial charge in [0.25, 0.3) is 0 Å². The summed E-state index contributed by atoms with van der Waals surface area (Å²) in [6, 6.07) is 21.2. The van der Waals surface area contributed by atoms with E-state index in [1.807, 2.05) is 6.92 Å². The van der Waals surface area contributed by atoms with Crippen molar-refractivity contribution in [2.45, 2.75) is 32.6 Å². The molecule has 30 heavy (non-hydrogen) atoms. The van der Waals surface area contributed by atoms with Crippen LogP contribution in [-0.2, 0) is 6.42 Å². The number of halogens is 1. The van der Waals surface area contributed by atoms with Crippen molar-refractivity contribution >= 4 is 27.1 Å². The lowest BCUT2D eigenvalue weighted by Crippen LogP contribution is -2.08. The molecule has 0 aliphatic heterocycles. The van der Waals surface area contributed by atoms with Crippen LogP contribution < -0.4 is 0 Å². The van der Waals surface area contributed by atoms with E-state index in [9.17, 15) is 0 Å². The van der Waals surface area contributed by atoms with E-state index < -0.39 is 0 Å². The molecular weight excluding hydrogens is 367 g/mol. The fraction of sp³-hybridized carbons (Fsp3) is 0.172. The molecule has 0 atom stereocenters. The number of hydrogen-bond acceptors (Lipinski definition) is 0. The van der Waals surface area contributed by atoms with E-state index >= 15 is 4.39 Å². The van der Waals surface area contributed by atoms with E-state index in [4.69, 9.17) is 0 Å². The lowest BCUT2D eigenvalue weighted by molar-refractivity contribution is 0.629. The average molecular weight is 391 g/mol. The highest BCUT2D eigenvalue weighted by Gasteiger charge is 2.23. The second-order valence-corrected chi connectivity index (χ2v) is 8.54. The topological polar surface area (TPSA) is 0 Å². The number of hydrogen-bond donors (Lipinski definition) is 0. The van der Waals surface area contributed by atoms with Crippen molar-refractivity contribution in [3.8, 4) is 11.1 Å². The zero-order valence-corrected chi connectivity index (χ0v) is 17.1. The summed E-state index contributed by atoms with van der Waals surface area (Å²) in [5.41, 5.74) is 8.12. The molecule has 0 radical (unpaired) electrons. The zero-order chi connectivity index (χ0) is 20.2. The summed E-state index contributed by atoms with van der Waals surface area (Å²) >= 11 is 0. The maximum Gasteiger partial charge on any atom is 0.134 e. The lowest BCUT2D eigenvalue weighted by Gasteiger charge is -2.26. The SMILES string of the molecule is Cc1c(-c2cccc3ccccc23)cc2ccc3c(c2c1F)CCC1=C3C=CCC1. The van der Waals surface area contributed by atoms with Crippen LogP contribution in [0.2, 0.25) is 0 Å². The Morgan fingerprint density at radius 3 is 2.57 bits per heavy atom. The van der Waals surface area contributed by atoms with Gasteiger partial charge in [0.05, 0.1) is 0 Å². The Morgan fingerprint density at radius 2 is 1.63 bits per heavy atom. The Morgan fingerprint density at radius 1 is 0.767 bits per heavy atom. The minimum atomic E-state index is -0.0591. The van der Waals surface area contributed by atoms with Crippen LogP contribution in [0.5, 0.6) is 0 Å². The van der Waals surface area contributed by atoms with Gasteiger partial charge in [-0.2, -0.15) is 0 Å². The summed E-state index contributed by atoms with van der Waals surface area (Å²) in [4.78, 5) is 0. The van der Waals surface area contributed by atoms with Crippen LogP contribution in [0.4, 0.5) is 4.39 Å². The zero-order valence-electron chi connectivity index (χ0n) is 17.1. The third kappa shape index (κ3) is 2.51. The number of fused-ring (bicyclic) bond motifs is 5. The normalized spacial score (nSPS) is 15.5. The first kappa shape index (κ1) is 17.7. The predicted molar refractivity (Wildman–Crippen MR) is 125 cm³/mol. The fourth-order valence-corrected chi connectivity index (χ4v) is 5.39. The van der Waals surface area contributed by atoms with E-state index in [0.29, 0.717) is 0 Å². The second-order valence-electron chi connectivity index (χ2n) is 8.54. The van der Waals surface area contributed by atoms with E-state index in [0.717, 1.165) is 53.1 Å². The molecule has 146 valence electrons. The molecule has 4 aromatic carbocycles. The monoisotopic (exact) mass is 390 g/mol. The highest BCUT2D eigenvalue weighted by molar-refractivity contribution is 6.02. The second kappa shape index (κ2) is 6.67. The Balaban J connectivity index is 1.63. The quantitative estimate of drug-likeness (QED) is 0.307. The summed E-state index contributed by atoms with van der Waals surface area (Å²) in [5.74, 6) is -0.0591. The van der Waals surface area contributed by atoms with Crippen LogP contribution >= 0.6 is 0 Å². The van der Waals surface area contributed by atoms with Crippen LogP contribution in [0.25, 0.3) is 38.2 Å². The molecule has 0 N–H and O–H groups in total. The van der Waals surface area contributed by atoms with E-state index in [1.54, 1.807) is 0 Å². The van der Waals surface area contributed by atoms with Gasteiger partial charge >= 0.3 is 0 Å². The first-order chi connectivity index (χ1) is 14.7. The van der Waals surface area contributed by atoms with Crippen molar-refractivity contribution in [3.63, 3.8) is 0 Å². The number of rotatable bonds is 1. The minimum Gasteiger partial charge on any atom is -0.206 e. The number of benzene rings is 4. The maximum atomic E-state index is 15.9. The van der Waals surface area contributed by atoms with Gasteiger partial charge in [-0.1, -0.05) is 72.3 Å². The van der Waals surface area contributed by atoms with Gasteiger partial charge in [0, 0.05) is 5.39 Å². The van der Waals surface area contributed by atoms with Crippen LogP contribution in [-0.4, -0.2) is 0 Å². The molecule has 2 aliphatic carbocycles. The van der Waals surface area contributed by atoms with Crippen molar-refractivity contribution in [2.75, 3.05) is 0 Å². The molecule has 0 saturated heterocycles. The van der Waals surface area contributed by atoms with Crippen LogP contribution in [0.3, 0.4) is 0 Å². The van der Waals surface area contributed by atoms with E-state index in [1.165, 1.54) is 33.0 Å². The third-order valence-electron chi connectivity index (χ3n) is 6.92. The number of aryl methyl sites for hydroxylation is 1. The molecule has 0 amide bonds. The maximum absolute atomic E-state index is 15.9. The van der Waals surface area contributed by atoms with Crippen LogP contribution in [0, 0.1) is 12.7 Å². The van der Waals surface area contributed by atoms with Gasteiger partial charge in [-0.05, 0) is 88.2 Å². The molecule has 6 rings (SSSR count). The van der Waals surface area contributed by atoms with Crippen LogP contribution in [0.1, 0.15) is 36.0 Å². The van der Waals surface area contributed by atoms with Crippen molar-refractivity contribution < 1.29 is 4.39 Å². The molecule has 0 spiro atoms. The molecule has 0 saturated carbocycles. The molecule has 0 bridgehead atoms. The Labute approximate surface area is 176 Å². The van der Waals surface area contributed by atoms with Crippen molar-refractivity contribution in [1.82, 2.24) is 0 Å². The molecule has 0 heterocycles. The Hall–Kier alpha value is -3.19. The highest BCUT2D eigenvalue weighted by atomic mass is 19.1. The molecular formula is C29H23F. The average Bonchev–Trinajstić information content (AvgIpc) is 2.80. The highest BCUT2D eigenvalue weighted by Crippen LogP contribution is 2.43. The lowest BCUT2D eigenvalue weighted by atomic mass is 9.79. The molecule has 0 aromatic heterocycles. The molecule has 4 aromatic rings. The van der Waals surface area contributed by atoms with Crippen molar-refractivity contribution in [1.29, 1.82) is 0 Å². The molecule has 0 nitrogen and oxygen atoms in total. The van der Waals surface area contributed by atoms with Gasteiger partial charge in [0.1, 0.15) is 5.82 Å². The van der Waals surface area contributed by atoms with Crippen molar-refractivity contribution in [2.24, 2.45) is 0 Å². The Bertz CT molecular complexity index is 1400. The molecule has 0 unspecified atom stereocenters. The first-order valence-electron chi connectivity index (χ1n) is 10.8. The number of allylic oxidation sites excluding steroid dienone is 4. The standard InChI is InChI=1S/C29H23F/c1-18-27(24-12-6-9-19-7-2-4-10-22(19)24)17-21-14-15-25-23-11-5-3-8-20(23)13-16-26(25)28(21)29(18)30/h2,4-7,9-12,14-15,17H,3,8,13,16H2,1H3. The summed E-state index contributed by atoms with van der Waals surface area (Å²) in [6.07, 6.45) is 8.76. The van der Waals surface area contributed by atoms with E-state index in [-0.39, 0.29) is 5.82 Å². The Kier molecular flexibility index (Phi) is 3.92. The largest absolute Gasteiger partial charge is 0.206 e. The predicted octanol–water partition coefficient (Wildman–Crippen LogP) is 8.16. The van der Waals surface area contributed by atoms with E-state index in [2.05, 4.69) is 72.8 Å². The van der Waals surface area contributed by atoms with Crippen LogP contribution in [0.15, 0.2) is 78.4 Å². The van der Waals surface area contributed by atoms with Gasteiger partial charge in [-0.3, -0.25) is 0 Å². The summed E-state index contributed by atoms with van der Waals surface area (Å²) in [5, 5.41) is 4.17. The van der Waals surface area contributed by atoms with Gasteiger partial charge in [-0.25, -0.2) is 4.39 Å². The smallest absolute Gasteiger partial charge is 0.134 e. The fourth-order valence-electron chi connectivity index (χ4n) is 5.39. The van der Waals surface area contributed by atoms with Gasteiger partial charge in [0.15, 0.2) is 0 Å². The minimum absolute atomic E-state index is 0.0591. The van der Waals surface area contributed by atoms with Gasteiger partial charge < -0.3 is 0 Å². The molecule has 0 fully saturated rings.